The monoisotopic (exact) mass is 262 g/mol. The number of thiophene rings is 1. The first-order chi connectivity index (χ1) is 8.50. The highest BCUT2D eigenvalue weighted by Crippen LogP contribution is 2.29. The third kappa shape index (κ3) is 2.29. The summed E-state index contributed by atoms with van der Waals surface area (Å²) in [5, 5.41) is 10.1. The number of carbonyl (C=O) groups excluding carboxylic acids is 1. The van der Waals surface area contributed by atoms with Crippen LogP contribution in [-0.4, -0.2) is 16.9 Å². The molecule has 2 rings (SSSR count). The smallest absolute Gasteiger partial charge is 0.314 e. The van der Waals surface area contributed by atoms with E-state index >= 15 is 0 Å². The number of ketones is 1. The standard InChI is InChI=1S/C14H14O3S/c1-8(2)12(14(16)17)13(15)11-7-9-5-3-4-6-10(9)18-11/h3-8,12H,1-2H3,(H,16,17). The van der Waals surface area contributed by atoms with Crippen LogP contribution in [0.25, 0.3) is 10.1 Å². The van der Waals surface area contributed by atoms with Gasteiger partial charge < -0.3 is 5.11 Å². The fraction of sp³-hybridized carbons (Fsp3) is 0.286. The average molecular weight is 262 g/mol. The van der Waals surface area contributed by atoms with Crippen LogP contribution < -0.4 is 0 Å². The summed E-state index contributed by atoms with van der Waals surface area (Å²) in [7, 11) is 0. The van der Waals surface area contributed by atoms with E-state index in [0.717, 1.165) is 10.1 Å². The maximum atomic E-state index is 12.2. The van der Waals surface area contributed by atoms with Crippen molar-refractivity contribution < 1.29 is 14.7 Å². The molecule has 1 N–H and O–H groups in total. The minimum absolute atomic E-state index is 0.208. The van der Waals surface area contributed by atoms with Crippen molar-refractivity contribution in [1.82, 2.24) is 0 Å². The van der Waals surface area contributed by atoms with Crippen LogP contribution in [0.3, 0.4) is 0 Å². The number of carboxylic acid groups (broad SMARTS) is 1. The lowest BCUT2D eigenvalue weighted by Crippen LogP contribution is -2.28. The molecule has 3 nitrogen and oxygen atoms in total. The lowest BCUT2D eigenvalue weighted by atomic mass is 9.91. The van der Waals surface area contributed by atoms with Crippen LogP contribution in [0.5, 0.6) is 0 Å². The Balaban J connectivity index is 2.41. The van der Waals surface area contributed by atoms with Gasteiger partial charge in [0, 0.05) is 4.70 Å². The van der Waals surface area contributed by atoms with Crippen LogP contribution in [0.1, 0.15) is 23.5 Å². The maximum Gasteiger partial charge on any atom is 0.314 e. The molecular formula is C14H14O3S. The molecule has 94 valence electrons. The number of benzene rings is 1. The molecule has 0 spiro atoms. The van der Waals surface area contributed by atoms with Crippen molar-refractivity contribution in [2.75, 3.05) is 0 Å². The first-order valence-corrected chi connectivity index (χ1v) is 6.58. The third-order valence-corrected chi connectivity index (χ3v) is 4.01. The minimum atomic E-state index is -1.05. The number of carboxylic acids is 1. The van der Waals surface area contributed by atoms with Crippen molar-refractivity contribution in [2.24, 2.45) is 11.8 Å². The summed E-state index contributed by atoms with van der Waals surface area (Å²) in [6.45, 7) is 3.51. The zero-order chi connectivity index (χ0) is 13.3. The molecule has 0 saturated heterocycles. The van der Waals surface area contributed by atoms with E-state index < -0.39 is 11.9 Å². The number of aliphatic carboxylic acids is 1. The van der Waals surface area contributed by atoms with Crippen molar-refractivity contribution >= 4 is 33.2 Å². The van der Waals surface area contributed by atoms with Gasteiger partial charge in [-0.25, -0.2) is 0 Å². The fourth-order valence-corrected chi connectivity index (χ4v) is 3.00. The van der Waals surface area contributed by atoms with Gasteiger partial charge in [-0.1, -0.05) is 32.0 Å². The number of Topliss-reactive ketones (excluding diaryl/α,β-unsaturated/α-hetero) is 1. The van der Waals surface area contributed by atoms with E-state index in [-0.39, 0.29) is 11.7 Å². The third-order valence-electron chi connectivity index (χ3n) is 2.88. The second-order valence-electron chi connectivity index (χ2n) is 4.57. The summed E-state index contributed by atoms with van der Waals surface area (Å²) in [6, 6.07) is 9.45. The van der Waals surface area contributed by atoms with Gasteiger partial charge in [0.2, 0.25) is 0 Å². The molecule has 0 fully saturated rings. The Morgan fingerprint density at radius 1 is 1.22 bits per heavy atom. The van der Waals surface area contributed by atoms with Crippen molar-refractivity contribution in [3.63, 3.8) is 0 Å². The first-order valence-electron chi connectivity index (χ1n) is 5.76. The van der Waals surface area contributed by atoms with Gasteiger partial charge >= 0.3 is 5.97 Å². The van der Waals surface area contributed by atoms with Crippen LogP contribution in [0, 0.1) is 11.8 Å². The molecule has 0 aliphatic heterocycles. The van der Waals surface area contributed by atoms with Crippen LogP contribution in [0.2, 0.25) is 0 Å². The Kier molecular flexibility index (Phi) is 3.48. The van der Waals surface area contributed by atoms with E-state index in [1.165, 1.54) is 11.3 Å². The highest BCUT2D eigenvalue weighted by Gasteiger charge is 2.31. The van der Waals surface area contributed by atoms with E-state index in [2.05, 4.69) is 0 Å². The maximum absolute atomic E-state index is 12.2. The number of rotatable bonds is 4. The fourth-order valence-electron chi connectivity index (χ4n) is 1.96. The largest absolute Gasteiger partial charge is 0.481 e. The van der Waals surface area contributed by atoms with E-state index in [0.29, 0.717) is 4.88 Å². The zero-order valence-corrected chi connectivity index (χ0v) is 11.0. The molecule has 0 saturated carbocycles. The Bertz CT molecular complexity index is 565. The second kappa shape index (κ2) is 4.90. The molecular weight excluding hydrogens is 248 g/mol. The van der Waals surface area contributed by atoms with E-state index in [1.807, 2.05) is 24.3 Å². The van der Waals surface area contributed by atoms with Crippen LogP contribution in [-0.2, 0) is 4.79 Å². The summed E-state index contributed by atoms with van der Waals surface area (Å²) in [5.41, 5.74) is 0. The predicted molar refractivity (Wildman–Crippen MR) is 72.1 cm³/mol. The SMILES string of the molecule is CC(C)C(C(=O)O)C(=O)c1cc2ccccc2s1. The first kappa shape index (κ1) is 12.8. The molecule has 1 aromatic carbocycles. The van der Waals surface area contributed by atoms with Crippen molar-refractivity contribution in [3.8, 4) is 0 Å². The molecule has 1 unspecified atom stereocenters. The minimum Gasteiger partial charge on any atom is -0.481 e. The Morgan fingerprint density at radius 3 is 2.44 bits per heavy atom. The van der Waals surface area contributed by atoms with Gasteiger partial charge in [-0.05, 0) is 23.4 Å². The molecule has 0 amide bonds. The Labute approximate surface area is 109 Å². The molecule has 0 bridgehead atoms. The van der Waals surface area contributed by atoms with Gasteiger partial charge in [0.15, 0.2) is 5.78 Å². The quantitative estimate of drug-likeness (QED) is 0.678. The van der Waals surface area contributed by atoms with Gasteiger partial charge in [0.1, 0.15) is 5.92 Å². The number of carbonyl (C=O) groups is 2. The van der Waals surface area contributed by atoms with E-state index in [4.69, 9.17) is 5.11 Å². The van der Waals surface area contributed by atoms with Gasteiger partial charge in [-0.15, -0.1) is 11.3 Å². The van der Waals surface area contributed by atoms with Gasteiger partial charge in [0.25, 0.3) is 0 Å². The number of hydrogen-bond donors (Lipinski definition) is 1. The van der Waals surface area contributed by atoms with Crippen LogP contribution >= 0.6 is 11.3 Å². The summed E-state index contributed by atoms with van der Waals surface area (Å²) in [5.74, 6) is -2.51. The van der Waals surface area contributed by atoms with Gasteiger partial charge in [0.05, 0.1) is 4.88 Å². The lowest BCUT2D eigenvalue weighted by Gasteiger charge is -2.13. The summed E-state index contributed by atoms with van der Waals surface area (Å²) in [6.07, 6.45) is 0. The molecule has 1 aromatic heterocycles. The highest BCUT2D eigenvalue weighted by molar-refractivity contribution is 7.20. The molecule has 4 heteroatoms. The Hall–Kier alpha value is -1.68. The summed E-state index contributed by atoms with van der Waals surface area (Å²) >= 11 is 1.36. The molecule has 18 heavy (non-hydrogen) atoms. The van der Waals surface area contributed by atoms with Gasteiger partial charge in [-0.2, -0.15) is 0 Å². The molecule has 0 radical (unpaired) electrons. The predicted octanol–water partition coefficient (Wildman–Crippen LogP) is 3.44. The van der Waals surface area contributed by atoms with Gasteiger partial charge in [-0.3, -0.25) is 9.59 Å². The Morgan fingerprint density at radius 2 is 1.89 bits per heavy atom. The van der Waals surface area contributed by atoms with Crippen LogP contribution in [0.4, 0.5) is 0 Å². The molecule has 0 aliphatic rings. The molecule has 0 aliphatic carbocycles. The van der Waals surface area contributed by atoms with E-state index in [9.17, 15) is 9.59 Å². The van der Waals surface area contributed by atoms with Crippen LogP contribution in [0.15, 0.2) is 30.3 Å². The average Bonchev–Trinajstić information content (AvgIpc) is 2.71. The lowest BCUT2D eigenvalue weighted by molar-refractivity contribution is -0.141. The molecule has 1 atom stereocenters. The summed E-state index contributed by atoms with van der Waals surface area (Å²) in [4.78, 5) is 23.9. The molecule has 2 aromatic rings. The number of hydrogen-bond acceptors (Lipinski definition) is 3. The van der Waals surface area contributed by atoms with Crippen molar-refractivity contribution in [3.05, 3.63) is 35.2 Å². The summed E-state index contributed by atoms with van der Waals surface area (Å²) < 4.78 is 1.01. The number of fused-ring (bicyclic) bond motifs is 1. The highest BCUT2D eigenvalue weighted by atomic mass is 32.1. The normalized spacial score (nSPS) is 12.8. The van der Waals surface area contributed by atoms with E-state index in [1.54, 1.807) is 19.9 Å². The molecule has 1 heterocycles. The van der Waals surface area contributed by atoms with Crippen molar-refractivity contribution in [2.45, 2.75) is 13.8 Å². The topological polar surface area (TPSA) is 54.4 Å². The second-order valence-corrected chi connectivity index (χ2v) is 5.66. The van der Waals surface area contributed by atoms with Crippen molar-refractivity contribution in [1.29, 1.82) is 0 Å². The zero-order valence-electron chi connectivity index (χ0n) is 10.2.